The normalized spacial score (nSPS) is 12.2. The molecule has 0 aromatic heterocycles. The quantitative estimate of drug-likeness (QED) is 0.756. The molecule has 0 aliphatic rings. The second-order valence-electron chi connectivity index (χ2n) is 4.11. The van der Waals surface area contributed by atoms with Gasteiger partial charge in [-0.1, -0.05) is 12.1 Å². The van der Waals surface area contributed by atoms with Crippen LogP contribution in [0.5, 0.6) is 0 Å². The van der Waals surface area contributed by atoms with Gasteiger partial charge < -0.3 is 16.8 Å². The molecule has 21 heavy (non-hydrogen) atoms. The van der Waals surface area contributed by atoms with E-state index in [9.17, 15) is 22.8 Å². The molecule has 0 aliphatic heterocycles. The smallest absolute Gasteiger partial charge is 0.370 e. The number of nitrogens with two attached hydrogens (primary N) is 2. The first kappa shape index (κ1) is 19.2. The number of carbonyl (C=O) groups is 2. The minimum absolute atomic E-state index is 0. The van der Waals surface area contributed by atoms with Crippen molar-refractivity contribution in [2.75, 3.05) is 6.54 Å². The molecule has 2 amide bonds. The number of rotatable bonds is 5. The summed E-state index contributed by atoms with van der Waals surface area (Å²) < 4.78 is 37.6. The Balaban J connectivity index is 0.00000400. The van der Waals surface area contributed by atoms with E-state index in [-0.39, 0.29) is 30.9 Å². The summed E-state index contributed by atoms with van der Waals surface area (Å²) in [4.78, 5) is 22.1. The van der Waals surface area contributed by atoms with E-state index in [1.165, 1.54) is 12.1 Å². The first-order valence-electron chi connectivity index (χ1n) is 5.70. The summed E-state index contributed by atoms with van der Waals surface area (Å²) in [5, 5.41) is 2.32. The zero-order valence-electron chi connectivity index (χ0n) is 10.8. The number of nitrogens with one attached hydrogen (secondary N) is 1. The lowest BCUT2D eigenvalue weighted by molar-refractivity contribution is -0.137. The fourth-order valence-electron chi connectivity index (χ4n) is 1.48. The van der Waals surface area contributed by atoms with Crippen molar-refractivity contribution in [3.63, 3.8) is 0 Å². The Kier molecular flexibility index (Phi) is 7.17. The number of amides is 2. The SMILES string of the molecule is Cl.NC(=O)CCNC(=O)C(N)c1cccc(C(F)(F)F)c1. The van der Waals surface area contributed by atoms with Gasteiger partial charge in [-0.15, -0.1) is 12.4 Å². The van der Waals surface area contributed by atoms with Gasteiger partial charge in [-0.2, -0.15) is 13.2 Å². The summed E-state index contributed by atoms with van der Waals surface area (Å²) in [6.45, 7) is -0.0131. The average Bonchev–Trinajstić information content (AvgIpc) is 2.36. The minimum atomic E-state index is -4.50. The molecule has 0 aliphatic carbocycles. The summed E-state index contributed by atoms with van der Waals surface area (Å²) in [6.07, 6.45) is -4.57. The topological polar surface area (TPSA) is 98.2 Å². The lowest BCUT2D eigenvalue weighted by Crippen LogP contribution is -2.36. The monoisotopic (exact) mass is 325 g/mol. The van der Waals surface area contributed by atoms with E-state index in [2.05, 4.69) is 5.32 Å². The summed E-state index contributed by atoms with van der Waals surface area (Å²) in [5.74, 6) is -1.27. The third kappa shape index (κ3) is 6.01. The van der Waals surface area contributed by atoms with Crippen molar-refractivity contribution in [1.29, 1.82) is 0 Å². The highest BCUT2D eigenvalue weighted by molar-refractivity contribution is 5.85. The highest BCUT2D eigenvalue weighted by Gasteiger charge is 2.31. The molecule has 5 nitrogen and oxygen atoms in total. The largest absolute Gasteiger partial charge is 0.416 e. The van der Waals surface area contributed by atoms with Gasteiger partial charge in [0.1, 0.15) is 6.04 Å². The predicted octanol–water partition coefficient (Wildman–Crippen LogP) is 1.12. The zero-order chi connectivity index (χ0) is 15.3. The third-order valence-corrected chi connectivity index (χ3v) is 2.53. The molecule has 1 unspecified atom stereocenters. The van der Waals surface area contributed by atoms with E-state index in [4.69, 9.17) is 11.5 Å². The molecule has 0 saturated heterocycles. The van der Waals surface area contributed by atoms with Crippen LogP contribution in [0.25, 0.3) is 0 Å². The summed E-state index contributed by atoms with van der Waals surface area (Å²) >= 11 is 0. The van der Waals surface area contributed by atoms with Crippen LogP contribution in [0, 0.1) is 0 Å². The van der Waals surface area contributed by atoms with E-state index in [0.29, 0.717) is 0 Å². The molecule has 5 N–H and O–H groups in total. The van der Waals surface area contributed by atoms with Gasteiger partial charge in [0.05, 0.1) is 5.56 Å². The van der Waals surface area contributed by atoms with E-state index >= 15 is 0 Å². The van der Waals surface area contributed by atoms with Crippen LogP contribution in [0.4, 0.5) is 13.2 Å². The van der Waals surface area contributed by atoms with Crippen LogP contribution >= 0.6 is 12.4 Å². The Bertz CT molecular complexity index is 509. The predicted molar refractivity (Wildman–Crippen MR) is 72.4 cm³/mol. The maximum atomic E-state index is 12.5. The third-order valence-electron chi connectivity index (χ3n) is 2.53. The van der Waals surface area contributed by atoms with E-state index in [0.717, 1.165) is 12.1 Å². The highest BCUT2D eigenvalue weighted by atomic mass is 35.5. The van der Waals surface area contributed by atoms with Gasteiger partial charge >= 0.3 is 6.18 Å². The number of carbonyl (C=O) groups excluding carboxylic acids is 2. The molecule has 1 atom stereocenters. The lowest BCUT2D eigenvalue weighted by Gasteiger charge is -2.14. The first-order valence-corrected chi connectivity index (χ1v) is 5.70. The molecule has 0 spiro atoms. The molecular formula is C12H15ClF3N3O2. The van der Waals surface area contributed by atoms with Gasteiger partial charge in [0, 0.05) is 13.0 Å². The maximum absolute atomic E-state index is 12.5. The average molecular weight is 326 g/mol. The van der Waals surface area contributed by atoms with Crippen LogP contribution in [-0.4, -0.2) is 18.4 Å². The molecule has 0 heterocycles. The molecule has 1 aromatic rings. The molecule has 9 heteroatoms. The summed E-state index contributed by atoms with van der Waals surface area (Å²) in [5.41, 5.74) is 9.62. The van der Waals surface area contributed by atoms with Crippen molar-refractivity contribution < 1.29 is 22.8 Å². The number of benzene rings is 1. The zero-order valence-corrected chi connectivity index (χ0v) is 11.6. The number of halogens is 4. The second-order valence-corrected chi connectivity index (χ2v) is 4.11. The fourth-order valence-corrected chi connectivity index (χ4v) is 1.48. The van der Waals surface area contributed by atoms with Crippen molar-refractivity contribution in [1.82, 2.24) is 5.32 Å². The van der Waals surface area contributed by atoms with E-state index in [1.807, 2.05) is 0 Å². The Hall–Kier alpha value is -1.80. The lowest BCUT2D eigenvalue weighted by atomic mass is 10.0. The minimum Gasteiger partial charge on any atom is -0.370 e. The van der Waals surface area contributed by atoms with Crippen molar-refractivity contribution in [2.45, 2.75) is 18.6 Å². The number of primary amides is 1. The number of alkyl halides is 3. The molecule has 0 radical (unpaired) electrons. The Morgan fingerprint density at radius 3 is 2.43 bits per heavy atom. The Morgan fingerprint density at radius 2 is 1.90 bits per heavy atom. The molecule has 1 rings (SSSR count). The van der Waals surface area contributed by atoms with Crippen LogP contribution < -0.4 is 16.8 Å². The van der Waals surface area contributed by atoms with Gasteiger partial charge in [0.25, 0.3) is 0 Å². The van der Waals surface area contributed by atoms with Crippen LogP contribution in [-0.2, 0) is 15.8 Å². The molecule has 0 bridgehead atoms. The van der Waals surface area contributed by atoms with Crippen molar-refractivity contribution >= 4 is 24.2 Å². The Morgan fingerprint density at radius 1 is 1.29 bits per heavy atom. The molecule has 1 aromatic carbocycles. The number of hydrogen-bond acceptors (Lipinski definition) is 3. The van der Waals surface area contributed by atoms with Gasteiger partial charge in [-0.05, 0) is 17.7 Å². The molecule has 0 saturated carbocycles. The van der Waals surface area contributed by atoms with Gasteiger partial charge in [-0.25, -0.2) is 0 Å². The van der Waals surface area contributed by atoms with Crippen LogP contribution in [0.2, 0.25) is 0 Å². The van der Waals surface area contributed by atoms with Gasteiger partial charge in [-0.3, -0.25) is 9.59 Å². The van der Waals surface area contributed by atoms with Crippen LogP contribution in [0.15, 0.2) is 24.3 Å². The molecular weight excluding hydrogens is 311 g/mol. The standard InChI is InChI=1S/C12H14F3N3O2.ClH/c13-12(14,15)8-3-1-2-7(6-8)10(17)11(20)18-5-4-9(16)19;/h1-3,6,10H,4-5,17H2,(H2,16,19)(H,18,20);1H. The summed E-state index contributed by atoms with van der Waals surface area (Å²) in [6, 6.07) is 2.96. The van der Waals surface area contributed by atoms with Crippen molar-refractivity contribution in [3.05, 3.63) is 35.4 Å². The Labute approximate surface area is 125 Å². The second kappa shape index (κ2) is 7.84. The summed E-state index contributed by atoms with van der Waals surface area (Å²) in [7, 11) is 0. The van der Waals surface area contributed by atoms with E-state index < -0.39 is 29.6 Å². The fraction of sp³-hybridized carbons (Fsp3) is 0.333. The van der Waals surface area contributed by atoms with Crippen LogP contribution in [0.3, 0.4) is 0 Å². The maximum Gasteiger partial charge on any atom is 0.416 e. The van der Waals surface area contributed by atoms with E-state index in [1.54, 1.807) is 0 Å². The first-order chi connectivity index (χ1) is 9.21. The highest BCUT2D eigenvalue weighted by Crippen LogP contribution is 2.30. The van der Waals surface area contributed by atoms with Crippen LogP contribution in [0.1, 0.15) is 23.6 Å². The molecule has 0 fully saturated rings. The van der Waals surface area contributed by atoms with Crippen molar-refractivity contribution in [2.24, 2.45) is 11.5 Å². The number of hydrogen-bond donors (Lipinski definition) is 3. The van der Waals surface area contributed by atoms with Gasteiger partial charge in [0.2, 0.25) is 11.8 Å². The van der Waals surface area contributed by atoms with Gasteiger partial charge in [0.15, 0.2) is 0 Å². The molecule has 118 valence electrons. The van der Waals surface area contributed by atoms with Crippen molar-refractivity contribution in [3.8, 4) is 0 Å².